The number of aromatic amines is 2. The Labute approximate surface area is 170 Å². The van der Waals surface area contributed by atoms with E-state index in [1.165, 1.54) is 0 Å². The van der Waals surface area contributed by atoms with Crippen LogP contribution in [0.3, 0.4) is 0 Å². The number of fused-ring (bicyclic) bond motifs is 2. The maximum atomic E-state index is 7.59. The number of nitrogen functional groups attached to an aromatic ring is 2. The summed E-state index contributed by atoms with van der Waals surface area (Å²) in [5, 5.41) is 15.2. The van der Waals surface area contributed by atoms with Gasteiger partial charge in [0.2, 0.25) is 0 Å². The molecule has 30 heavy (non-hydrogen) atoms. The zero-order valence-electron chi connectivity index (χ0n) is 15.7. The van der Waals surface area contributed by atoms with Crippen molar-refractivity contribution in [3.8, 4) is 23.0 Å². The minimum atomic E-state index is -0.000566. The summed E-state index contributed by atoms with van der Waals surface area (Å²) in [5.41, 5.74) is 16.8. The van der Waals surface area contributed by atoms with Gasteiger partial charge in [-0.05, 0) is 48.5 Å². The van der Waals surface area contributed by atoms with Crippen LogP contribution < -0.4 is 11.5 Å². The zero-order valence-corrected chi connectivity index (χ0v) is 15.7. The van der Waals surface area contributed by atoms with Crippen molar-refractivity contribution in [2.24, 2.45) is 11.5 Å². The highest BCUT2D eigenvalue weighted by Crippen LogP contribution is 2.24. The fourth-order valence-electron chi connectivity index (χ4n) is 3.29. The number of nitrogens with zero attached hydrogens (tertiary/aromatic N) is 3. The number of benzene rings is 2. The standard InChI is InChI=1S/C21H17N9/c22-18(23)10-4-6-12-16(8-10)29-20(27-12)14-2-1-3-15(26-14)21-28-13-7-5-11(19(24)25)9-17(13)30-21/h1-9H,(H3,22,23)(H3,24,25)(H,27,29)(H,28,30). The van der Waals surface area contributed by atoms with Crippen LogP contribution in [0.1, 0.15) is 11.1 Å². The number of aromatic nitrogens is 5. The van der Waals surface area contributed by atoms with Crippen LogP contribution in [0.25, 0.3) is 45.1 Å². The molecule has 0 amide bonds. The van der Waals surface area contributed by atoms with Crippen molar-refractivity contribution in [2.45, 2.75) is 0 Å². The smallest absolute Gasteiger partial charge is 0.157 e. The third kappa shape index (κ3) is 2.94. The van der Waals surface area contributed by atoms with Crippen molar-refractivity contribution in [3.05, 3.63) is 65.7 Å². The molecule has 0 fully saturated rings. The lowest BCUT2D eigenvalue weighted by Crippen LogP contribution is -2.10. The Kier molecular flexibility index (Phi) is 3.82. The molecule has 0 saturated carbocycles. The molecule has 3 aromatic heterocycles. The second-order valence-electron chi connectivity index (χ2n) is 6.87. The first-order chi connectivity index (χ1) is 14.5. The molecule has 0 spiro atoms. The Bertz CT molecular complexity index is 1350. The molecule has 146 valence electrons. The monoisotopic (exact) mass is 395 g/mol. The van der Waals surface area contributed by atoms with Crippen LogP contribution in [0.4, 0.5) is 0 Å². The van der Waals surface area contributed by atoms with Crippen LogP contribution in [0.5, 0.6) is 0 Å². The van der Waals surface area contributed by atoms with Gasteiger partial charge in [-0.3, -0.25) is 10.8 Å². The van der Waals surface area contributed by atoms with E-state index in [-0.39, 0.29) is 11.7 Å². The Balaban J connectivity index is 1.55. The van der Waals surface area contributed by atoms with E-state index in [9.17, 15) is 0 Å². The Morgan fingerprint density at radius 2 is 1.13 bits per heavy atom. The third-order valence-corrected chi connectivity index (χ3v) is 4.82. The molecule has 0 bridgehead atoms. The van der Waals surface area contributed by atoms with E-state index in [0.29, 0.717) is 45.2 Å². The topological polar surface area (TPSA) is 170 Å². The lowest BCUT2D eigenvalue weighted by molar-refractivity contribution is 1.20. The highest BCUT2D eigenvalue weighted by Gasteiger charge is 2.12. The first-order valence-electron chi connectivity index (χ1n) is 9.14. The largest absolute Gasteiger partial charge is 0.384 e. The zero-order chi connectivity index (χ0) is 20.8. The number of amidine groups is 2. The average molecular weight is 395 g/mol. The van der Waals surface area contributed by atoms with Crippen LogP contribution in [0.15, 0.2) is 54.6 Å². The molecule has 8 N–H and O–H groups in total. The van der Waals surface area contributed by atoms with Gasteiger partial charge in [0, 0.05) is 11.1 Å². The van der Waals surface area contributed by atoms with Gasteiger partial charge in [-0.25, -0.2) is 15.0 Å². The Hall–Kier alpha value is -4.53. The quantitative estimate of drug-likeness (QED) is 0.203. The van der Waals surface area contributed by atoms with Crippen LogP contribution >= 0.6 is 0 Å². The molecule has 0 aliphatic heterocycles. The second kappa shape index (κ2) is 6.52. The van der Waals surface area contributed by atoms with Crippen molar-refractivity contribution in [3.63, 3.8) is 0 Å². The van der Waals surface area contributed by atoms with Gasteiger partial charge in [-0.2, -0.15) is 0 Å². The molecular formula is C21H17N9. The van der Waals surface area contributed by atoms with Crippen molar-refractivity contribution in [2.75, 3.05) is 0 Å². The molecule has 0 atom stereocenters. The Morgan fingerprint density at radius 1 is 0.667 bits per heavy atom. The van der Waals surface area contributed by atoms with Crippen LogP contribution in [0.2, 0.25) is 0 Å². The van der Waals surface area contributed by atoms with Crippen molar-refractivity contribution in [1.82, 2.24) is 24.9 Å². The number of nitrogens with one attached hydrogen (secondary N) is 4. The molecule has 2 aromatic carbocycles. The van der Waals surface area contributed by atoms with E-state index in [1.54, 1.807) is 24.3 Å². The summed E-state index contributed by atoms with van der Waals surface area (Å²) in [7, 11) is 0. The average Bonchev–Trinajstić information content (AvgIpc) is 3.36. The van der Waals surface area contributed by atoms with Gasteiger partial charge in [0.1, 0.15) is 23.1 Å². The SMILES string of the molecule is N=C(N)c1ccc2[nH]c(-c3cccc(-c4nc5cc(C(=N)N)ccc5[nH]4)n3)nc2c1. The van der Waals surface area contributed by atoms with Gasteiger partial charge in [-0.15, -0.1) is 0 Å². The molecular weight excluding hydrogens is 378 g/mol. The molecule has 3 heterocycles. The molecule has 5 rings (SSSR count). The summed E-state index contributed by atoms with van der Waals surface area (Å²) >= 11 is 0. The summed E-state index contributed by atoms with van der Waals surface area (Å²) in [6.07, 6.45) is 0. The lowest BCUT2D eigenvalue weighted by atomic mass is 10.2. The van der Waals surface area contributed by atoms with Gasteiger partial charge >= 0.3 is 0 Å². The number of rotatable bonds is 4. The van der Waals surface area contributed by atoms with Gasteiger partial charge in [0.05, 0.1) is 22.1 Å². The normalized spacial score (nSPS) is 11.2. The van der Waals surface area contributed by atoms with Gasteiger partial charge in [0.25, 0.3) is 0 Å². The van der Waals surface area contributed by atoms with E-state index in [2.05, 4.69) is 19.9 Å². The number of hydrogen-bond donors (Lipinski definition) is 6. The summed E-state index contributed by atoms with van der Waals surface area (Å²) in [5.74, 6) is 1.23. The molecule has 5 aromatic rings. The number of nitrogens with two attached hydrogens (primary N) is 2. The number of hydrogen-bond acceptors (Lipinski definition) is 5. The number of H-pyrrole nitrogens is 2. The van der Waals surface area contributed by atoms with Gasteiger partial charge in [0.15, 0.2) is 11.6 Å². The molecule has 0 unspecified atom stereocenters. The summed E-state index contributed by atoms with van der Waals surface area (Å²) in [4.78, 5) is 20.4. The van der Waals surface area contributed by atoms with Crippen LogP contribution in [-0.4, -0.2) is 36.6 Å². The predicted molar refractivity (Wildman–Crippen MR) is 116 cm³/mol. The molecule has 0 saturated heterocycles. The summed E-state index contributed by atoms with van der Waals surface area (Å²) < 4.78 is 0. The maximum absolute atomic E-state index is 7.59. The van der Waals surface area contributed by atoms with Gasteiger partial charge in [-0.1, -0.05) is 6.07 Å². The van der Waals surface area contributed by atoms with Crippen LogP contribution in [0, 0.1) is 10.8 Å². The third-order valence-electron chi connectivity index (χ3n) is 4.82. The Morgan fingerprint density at radius 3 is 1.57 bits per heavy atom. The molecule has 0 aliphatic carbocycles. The van der Waals surface area contributed by atoms with Crippen molar-refractivity contribution >= 4 is 33.7 Å². The first-order valence-corrected chi connectivity index (χ1v) is 9.14. The number of imidazole rings is 2. The van der Waals surface area contributed by atoms with E-state index in [0.717, 1.165) is 11.0 Å². The number of pyridine rings is 1. The van der Waals surface area contributed by atoms with Crippen LogP contribution in [-0.2, 0) is 0 Å². The lowest BCUT2D eigenvalue weighted by Gasteiger charge is -1.99. The van der Waals surface area contributed by atoms with E-state index < -0.39 is 0 Å². The van der Waals surface area contributed by atoms with E-state index in [4.69, 9.17) is 27.3 Å². The molecule has 0 aliphatic rings. The minimum Gasteiger partial charge on any atom is -0.384 e. The minimum absolute atomic E-state index is 0.000566. The second-order valence-corrected chi connectivity index (χ2v) is 6.87. The maximum Gasteiger partial charge on any atom is 0.157 e. The van der Waals surface area contributed by atoms with E-state index in [1.807, 2.05) is 30.3 Å². The highest BCUT2D eigenvalue weighted by atomic mass is 15.0. The predicted octanol–water partition coefficient (Wildman–Crippen LogP) is 2.74. The first kappa shape index (κ1) is 17.6. The fraction of sp³-hybridized carbons (Fsp3) is 0. The van der Waals surface area contributed by atoms with Crippen molar-refractivity contribution < 1.29 is 0 Å². The highest BCUT2D eigenvalue weighted by molar-refractivity contribution is 5.99. The van der Waals surface area contributed by atoms with Crippen molar-refractivity contribution in [1.29, 1.82) is 10.8 Å². The molecule has 9 heteroatoms. The van der Waals surface area contributed by atoms with E-state index >= 15 is 0 Å². The fourth-order valence-corrected chi connectivity index (χ4v) is 3.29. The summed E-state index contributed by atoms with van der Waals surface area (Å²) in [6, 6.07) is 16.4. The summed E-state index contributed by atoms with van der Waals surface area (Å²) in [6.45, 7) is 0. The molecule has 9 nitrogen and oxygen atoms in total. The van der Waals surface area contributed by atoms with Gasteiger partial charge < -0.3 is 21.4 Å². The molecule has 0 radical (unpaired) electrons.